The van der Waals surface area contributed by atoms with Crippen molar-refractivity contribution in [3.05, 3.63) is 100 Å². The largest absolute Gasteiger partial charge is 0.495 e. The molecule has 1 aliphatic heterocycles. The Bertz CT molecular complexity index is 1400. The van der Waals surface area contributed by atoms with Gasteiger partial charge in [-0.3, -0.25) is 9.59 Å². The molecule has 3 aromatic rings. The Kier molecular flexibility index (Phi) is 8.01. The molecule has 1 aliphatic rings. The van der Waals surface area contributed by atoms with Gasteiger partial charge in [0.05, 0.1) is 53.0 Å². The number of benzene rings is 2. The van der Waals surface area contributed by atoms with Crippen LogP contribution in [0, 0.1) is 18.3 Å². The summed E-state index contributed by atoms with van der Waals surface area (Å²) in [4.78, 5) is 26.1. The lowest BCUT2D eigenvalue weighted by Gasteiger charge is -2.28. The van der Waals surface area contributed by atoms with Crippen LogP contribution in [0.5, 0.6) is 5.75 Å². The molecule has 9 heteroatoms. The molecule has 1 aromatic heterocycles. The third kappa shape index (κ3) is 5.88. The molecule has 188 valence electrons. The Labute approximate surface area is 219 Å². The zero-order chi connectivity index (χ0) is 26.4. The van der Waals surface area contributed by atoms with Crippen molar-refractivity contribution in [2.75, 3.05) is 23.5 Å². The van der Waals surface area contributed by atoms with Gasteiger partial charge < -0.3 is 25.1 Å². The molecule has 37 heavy (non-hydrogen) atoms. The highest BCUT2D eigenvalue weighted by Gasteiger charge is 2.36. The van der Waals surface area contributed by atoms with E-state index in [0.717, 1.165) is 5.56 Å². The van der Waals surface area contributed by atoms with E-state index in [4.69, 9.17) is 9.15 Å². The van der Waals surface area contributed by atoms with Crippen LogP contribution in [0.3, 0.4) is 0 Å². The Hall–Kier alpha value is -4.42. The fourth-order valence-corrected chi connectivity index (χ4v) is 4.87. The molecule has 3 N–H and O–H groups in total. The van der Waals surface area contributed by atoms with E-state index >= 15 is 0 Å². The number of dihydropyridines is 1. The highest BCUT2D eigenvalue weighted by atomic mass is 32.2. The molecular formula is C28H26N4O4S. The molecule has 1 atom stereocenters. The van der Waals surface area contributed by atoms with E-state index < -0.39 is 11.8 Å². The SMILES string of the molecule is COc1ccccc1NC(=O)C1=C(C)NC(SCC(=O)Nc2ccc(C)cc2)=C(C#N)[C@@H]1c1ccco1. The highest BCUT2D eigenvalue weighted by Crippen LogP contribution is 2.41. The van der Waals surface area contributed by atoms with Crippen LogP contribution in [0.25, 0.3) is 0 Å². The average Bonchev–Trinajstić information content (AvgIpc) is 3.43. The quantitative estimate of drug-likeness (QED) is 0.373. The summed E-state index contributed by atoms with van der Waals surface area (Å²) in [5.74, 6) is -0.327. The smallest absolute Gasteiger partial charge is 0.254 e. The third-order valence-corrected chi connectivity index (χ3v) is 6.78. The number of para-hydroxylation sites is 2. The third-order valence-electron chi connectivity index (χ3n) is 5.76. The number of hydrogen-bond donors (Lipinski definition) is 3. The van der Waals surface area contributed by atoms with Crippen molar-refractivity contribution in [3.8, 4) is 11.8 Å². The van der Waals surface area contributed by atoms with Gasteiger partial charge >= 0.3 is 0 Å². The molecule has 2 heterocycles. The van der Waals surface area contributed by atoms with Crippen LogP contribution in [0.2, 0.25) is 0 Å². The number of methoxy groups -OCH3 is 1. The maximum absolute atomic E-state index is 13.5. The van der Waals surface area contributed by atoms with E-state index in [2.05, 4.69) is 22.0 Å². The van der Waals surface area contributed by atoms with Crippen LogP contribution in [-0.2, 0) is 9.59 Å². The van der Waals surface area contributed by atoms with E-state index in [1.807, 2.05) is 37.3 Å². The first-order chi connectivity index (χ1) is 17.9. The second-order valence-corrected chi connectivity index (χ2v) is 9.31. The molecule has 2 amide bonds. The minimum atomic E-state index is -0.751. The highest BCUT2D eigenvalue weighted by molar-refractivity contribution is 8.03. The van der Waals surface area contributed by atoms with Crippen LogP contribution < -0.4 is 20.7 Å². The summed E-state index contributed by atoms with van der Waals surface area (Å²) in [6.07, 6.45) is 1.50. The minimum Gasteiger partial charge on any atom is -0.495 e. The maximum Gasteiger partial charge on any atom is 0.254 e. The van der Waals surface area contributed by atoms with Crippen molar-refractivity contribution in [3.63, 3.8) is 0 Å². The number of thioether (sulfide) groups is 1. The second-order valence-electron chi connectivity index (χ2n) is 8.32. The number of nitriles is 1. The van der Waals surface area contributed by atoms with Crippen molar-refractivity contribution in [1.29, 1.82) is 5.26 Å². The van der Waals surface area contributed by atoms with Gasteiger partial charge in [-0.2, -0.15) is 5.26 Å². The Balaban J connectivity index is 1.59. The number of carbonyl (C=O) groups is 2. The molecule has 4 rings (SSSR count). The van der Waals surface area contributed by atoms with Crippen molar-refractivity contribution < 1.29 is 18.7 Å². The summed E-state index contributed by atoms with van der Waals surface area (Å²) >= 11 is 1.20. The van der Waals surface area contributed by atoms with Crippen molar-refractivity contribution >= 4 is 35.0 Å². The van der Waals surface area contributed by atoms with Gasteiger partial charge in [-0.15, -0.1) is 0 Å². The first-order valence-electron chi connectivity index (χ1n) is 11.5. The predicted octanol–water partition coefficient (Wildman–Crippen LogP) is 5.30. The minimum absolute atomic E-state index is 0.0717. The number of ether oxygens (including phenoxy) is 1. The standard InChI is InChI=1S/C28H26N4O4S/c1-17-10-12-19(13-11-17)31-24(33)16-37-28-20(15-29)26(23-9-6-14-36-23)25(18(2)30-28)27(34)32-21-7-4-5-8-22(21)35-3/h4-14,26,30H,16H2,1-3H3,(H,31,33)(H,32,34)/t26-/m1/s1. The van der Waals surface area contributed by atoms with Crippen LogP contribution in [0.1, 0.15) is 24.2 Å². The molecule has 2 aromatic carbocycles. The predicted molar refractivity (Wildman–Crippen MR) is 144 cm³/mol. The topological polar surface area (TPSA) is 116 Å². The van der Waals surface area contributed by atoms with E-state index in [1.54, 1.807) is 37.3 Å². The van der Waals surface area contributed by atoms with E-state index in [1.165, 1.54) is 25.1 Å². The van der Waals surface area contributed by atoms with E-state index in [9.17, 15) is 14.9 Å². The molecule has 0 aliphatic carbocycles. The van der Waals surface area contributed by atoms with Gasteiger partial charge in [-0.25, -0.2) is 0 Å². The first kappa shape index (κ1) is 25.7. The maximum atomic E-state index is 13.5. The van der Waals surface area contributed by atoms with Gasteiger partial charge in [0.25, 0.3) is 5.91 Å². The van der Waals surface area contributed by atoms with Gasteiger partial charge in [0, 0.05) is 11.4 Å². The van der Waals surface area contributed by atoms with Crippen molar-refractivity contribution in [2.24, 2.45) is 0 Å². The zero-order valence-electron chi connectivity index (χ0n) is 20.6. The van der Waals surface area contributed by atoms with Crippen molar-refractivity contribution in [2.45, 2.75) is 19.8 Å². The zero-order valence-corrected chi connectivity index (χ0v) is 21.4. The molecule has 0 saturated carbocycles. The summed E-state index contributed by atoms with van der Waals surface area (Å²) in [7, 11) is 1.53. The molecule has 0 radical (unpaired) electrons. The summed E-state index contributed by atoms with van der Waals surface area (Å²) in [5, 5.41) is 19.5. The molecule has 8 nitrogen and oxygen atoms in total. The molecule has 0 bridgehead atoms. The second kappa shape index (κ2) is 11.5. The summed E-state index contributed by atoms with van der Waals surface area (Å²) in [6.45, 7) is 3.73. The average molecular weight is 515 g/mol. The van der Waals surface area contributed by atoms with Gasteiger partial charge in [-0.1, -0.05) is 41.6 Å². The van der Waals surface area contributed by atoms with E-state index in [-0.39, 0.29) is 11.7 Å². The Morgan fingerprint density at radius 1 is 1.08 bits per heavy atom. The molecular weight excluding hydrogens is 488 g/mol. The number of nitrogens with one attached hydrogen (secondary N) is 3. The molecule has 0 saturated heterocycles. The molecule has 0 unspecified atom stereocenters. The number of hydrogen-bond acceptors (Lipinski definition) is 7. The Morgan fingerprint density at radius 3 is 2.51 bits per heavy atom. The molecule has 0 spiro atoms. The van der Waals surface area contributed by atoms with Crippen molar-refractivity contribution in [1.82, 2.24) is 5.32 Å². The molecule has 0 fully saturated rings. The Morgan fingerprint density at radius 2 is 1.84 bits per heavy atom. The first-order valence-corrected chi connectivity index (χ1v) is 12.5. The number of carbonyl (C=O) groups excluding carboxylic acids is 2. The summed E-state index contributed by atoms with van der Waals surface area (Å²) in [5.41, 5.74) is 3.48. The van der Waals surface area contributed by atoms with Crippen LogP contribution in [0.4, 0.5) is 11.4 Å². The number of furan rings is 1. The van der Waals surface area contributed by atoms with Gasteiger partial charge in [-0.05, 0) is 50.2 Å². The van der Waals surface area contributed by atoms with Crippen LogP contribution in [0.15, 0.2) is 93.2 Å². The lowest BCUT2D eigenvalue weighted by atomic mass is 9.85. The fourth-order valence-electron chi connectivity index (χ4n) is 3.98. The van der Waals surface area contributed by atoms with E-state index in [0.29, 0.717) is 44.8 Å². The normalized spacial score (nSPS) is 15.0. The lowest BCUT2D eigenvalue weighted by Crippen LogP contribution is -2.31. The number of nitrogens with zero attached hydrogens (tertiary/aromatic N) is 1. The monoisotopic (exact) mass is 514 g/mol. The number of allylic oxidation sites excluding steroid dienone is 2. The lowest BCUT2D eigenvalue weighted by molar-refractivity contribution is -0.114. The van der Waals surface area contributed by atoms with Crippen LogP contribution in [-0.4, -0.2) is 24.7 Å². The van der Waals surface area contributed by atoms with Gasteiger partial charge in [0.2, 0.25) is 5.91 Å². The summed E-state index contributed by atoms with van der Waals surface area (Å²) < 4.78 is 11.0. The number of anilines is 2. The van der Waals surface area contributed by atoms with Crippen LogP contribution >= 0.6 is 11.8 Å². The fraction of sp³-hybridized carbons (Fsp3) is 0.179. The number of rotatable bonds is 8. The number of aryl methyl sites for hydroxylation is 1. The summed E-state index contributed by atoms with van der Waals surface area (Å²) in [6, 6.07) is 20.3. The van der Waals surface area contributed by atoms with Gasteiger partial charge in [0.1, 0.15) is 11.5 Å². The number of amides is 2. The van der Waals surface area contributed by atoms with Gasteiger partial charge in [0.15, 0.2) is 0 Å².